The van der Waals surface area contributed by atoms with Crippen molar-refractivity contribution in [2.45, 2.75) is 20.3 Å². The molecule has 1 nitrogen and oxygen atoms in total. The zero-order valence-electron chi connectivity index (χ0n) is 8.02. The van der Waals surface area contributed by atoms with Gasteiger partial charge >= 0.3 is 0 Å². The number of hydrogen-bond acceptors (Lipinski definition) is 1. The van der Waals surface area contributed by atoms with Crippen molar-refractivity contribution in [3.05, 3.63) is 35.9 Å². The molecular formula is C11H14IN. The third-order valence-corrected chi connectivity index (χ3v) is 2.77. The highest BCUT2D eigenvalue weighted by molar-refractivity contribution is 14.1. The lowest BCUT2D eigenvalue weighted by atomic mass is 10.00. The fourth-order valence-corrected chi connectivity index (χ4v) is 1.65. The molecule has 1 rings (SSSR count). The summed E-state index contributed by atoms with van der Waals surface area (Å²) in [6.45, 7) is 8.29. The van der Waals surface area contributed by atoms with E-state index in [0.717, 1.165) is 12.1 Å². The van der Waals surface area contributed by atoms with Crippen LogP contribution in [0.3, 0.4) is 0 Å². The predicted octanol–water partition coefficient (Wildman–Crippen LogP) is 4.18. The molecule has 0 aromatic heterocycles. The van der Waals surface area contributed by atoms with Crippen LogP contribution < -0.4 is 3.53 Å². The van der Waals surface area contributed by atoms with Gasteiger partial charge in [0.15, 0.2) is 0 Å². The van der Waals surface area contributed by atoms with Crippen LogP contribution in [-0.2, 0) is 0 Å². The maximum Gasteiger partial charge on any atom is 0.0560 e. The molecule has 0 aliphatic heterocycles. The molecule has 0 heterocycles. The summed E-state index contributed by atoms with van der Waals surface area (Å²) in [6.07, 6.45) is 1.01. The standard InChI is InChI=1S/C11H14IN/c1-4-8(2)11-6-5-10(13-12)7-9(11)3/h5-7,13H,2,4H2,1,3H3. The third kappa shape index (κ3) is 2.46. The van der Waals surface area contributed by atoms with Crippen LogP contribution in [0.15, 0.2) is 24.8 Å². The number of aryl methyl sites for hydroxylation is 1. The van der Waals surface area contributed by atoms with E-state index in [4.69, 9.17) is 0 Å². The summed E-state index contributed by atoms with van der Waals surface area (Å²) in [5.41, 5.74) is 4.91. The molecule has 0 bridgehead atoms. The minimum absolute atomic E-state index is 1.01. The Morgan fingerprint density at radius 3 is 2.69 bits per heavy atom. The number of allylic oxidation sites excluding steroid dienone is 1. The molecule has 0 aliphatic carbocycles. The fourth-order valence-electron chi connectivity index (χ4n) is 1.31. The normalized spacial score (nSPS) is 9.77. The highest BCUT2D eigenvalue weighted by Gasteiger charge is 2.01. The molecule has 0 atom stereocenters. The Labute approximate surface area is 93.7 Å². The Morgan fingerprint density at radius 2 is 2.23 bits per heavy atom. The van der Waals surface area contributed by atoms with Gasteiger partial charge in [0.05, 0.1) is 22.9 Å². The smallest absolute Gasteiger partial charge is 0.0560 e. The van der Waals surface area contributed by atoms with Crippen LogP contribution in [-0.4, -0.2) is 0 Å². The Balaban J connectivity index is 3.05. The first-order valence-corrected chi connectivity index (χ1v) is 5.42. The average Bonchev–Trinajstić information content (AvgIpc) is 2.16. The maximum absolute atomic E-state index is 4.04. The molecule has 0 unspecified atom stereocenters. The van der Waals surface area contributed by atoms with Crippen molar-refractivity contribution in [1.82, 2.24) is 0 Å². The zero-order valence-corrected chi connectivity index (χ0v) is 10.2. The first kappa shape index (κ1) is 10.6. The molecule has 0 aliphatic rings. The van der Waals surface area contributed by atoms with Crippen LogP contribution in [0.4, 0.5) is 5.69 Å². The predicted molar refractivity (Wildman–Crippen MR) is 68.1 cm³/mol. The second kappa shape index (κ2) is 4.65. The molecule has 0 radical (unpaired) electrons. The summed E-state index contributed by atoms with van der Waals surface area (Å²) in [4.78, 5) is 0. The molecule has 1 aromatic rings. The van der Waals surface area contributed by atoms with Gasteiger partial charge in [-0.3, -0.25) is 0 Å². The molecule has 0 spiro atoms. The van der Waals surface area contributed by atoms with Crippen molar-refractivity contribution in [2.24, 2.45) is 0 Å². The lowest BCUT2D eigenvalue weighted by Gasteiger charge is -2.08. The van der Waals surface area contributed by atoms with E-state index in [1.54, 1.807) is 0 Å². The first-order chi connectivity index (χ1) is 6.19. The van der Waals surface area contributed by atoms with Crippen molar-refractivity contribution >= 4 is 34.1 Å². The Hall–Kier alpha value is -0.510. The van der Waals surface area contributed by atoms with Gasteiger partial charge in [-0.15, -0.1) is 0 Å². The van der Waals surface area contributed by atoms with Gasteiger partial charge in [0.1, 0.15) is 0 Å². The van der Waals surface area contributed by atoms with Crippen molar-refractivity contribution in [2.75, 3.05) is 3.53 Å². The number of halogens is 1. The van der Waals surface area contributed by atoms with E-state index in [0.29, 0.717) is 0 Å². The molecule has 13 heavy (non-hydrogen) atoms. The van der Waals surface area contributed by atoms with Gasteiger partial charge in [-0.2, -0.15) is 0 Å². The van der Waals surface area contributed by atoms with Gasteiger partial charge in [0.25, 0.3) is 0 Å². The summed E-state index contributed by atoms with van der Waals surface area (Å²) >= 11 is 2.14. The van der Waals surface area contributed by atoms with E-state index < -0.39 is 0 Å². The minimum atomic E-state index is 1.01. The largest absolute Gasteiger partial charge is 0.328 e. The van der Waals surface area contributed by atoms with Crippen LogP contribution in [0.25, 0.3) is 5.57 Å². The molecule has 0 fully saturated rings. The summed E-state index contributed by atoms with van der Waals surface area (Å²) in [6, 6.07) is 6.35. The SMILES string of the molecule is C=C(CC)c1ccc(NI)cc1C. The molecule has 0 saturated carbocycles. The molecule has 2 heteroatoms. The fraction of sp³-hybridized carbons (Fsp3) is 0.273. The Bertz CT molecular complexity index is 318. The molecule has 70 valence electrons. The number of benzene rings is 1. The quantitative estimate of drug-likeness (QED) is 0.649. The number of anilines is 1. The summed E-state index contributed by atoms with van der Waals surface area (Å²) in [7, 11) is 0. The lowest BCUT2D eigenvalue weighted by molar-refractivity contribution is 1.23. The van der Waals surface area contributed by atoms with Crippen molar-refractivity contribution in [1.29, 1.82) is 0 Å². The number of hydrogen-bond donors (Lipinski definition) is 1. The van der Waals surface area contributed by atoms with E-state index in [9.17, 15) is 0 Å². The van der Waals surface area contributed by atoms with E-state index in [2.05, 4.69) is 65.0 Å². The zero-order chi connectivity index (χ0) is 9.84. The van der Waals surface area contributed by atoms with Gasteiger partial charge in [-0.05, 0) is 42.2 Å². The molecule has 1 aromatic carbocycles. The van der Waals surface area contributed by atoms with Crippen molar-refractivity contribution in [3.63, 3.8) is 0 Å². The monoisotopic (exact) mass is 287 g/mol. The molecule has 1 N–H and O–H groups in total. The summed E-state index contributed by atoms with van der Waals surface area (Å²) in [5, 5.41) is 0. The van der Waals surface area contributed by atoms with Gasteiger partial charge in [-0.25, -0.2) is 0 Å². The first-order valence-electron chi connectivity index (χ1n) is 4.34. The summed E-state index contributed by atoms with van der Waals surface area (Å²) < 4.78 is 3.09. The van der Waals surface area contributed by atoms with Crippen LogP contribution in [0.5, 0.6) is 0 Å². The average molecular weight is 287 g/mol. The molecular weight excluding hydrogens is 273 g/mol. The topological polar surface area (TPSA) is 12.0 Å². The third-order valence-electron chi connectivity index (χ3n) is 2.14. The highest BCUT2D eigenvalue weighted by atomic mass is 127. The second-order valence-corrected chi connectivity index (χ2v) is 3.62. The van der Waals surface area contributed by atoms with Gasteiger partial charge < -0.3 is 3.53 Å². The molecule has 0 amide bonds. The van der Waals surface area contributed by atoms with E-state index in [1.165, 1.54) is 16.7 Å². The van der Waals surface area contributed by atoms with Gasteiger partial charge in [-0.1, -0.05) is 19.6 Å². The van der Waals surface area contributed by atoms with Crippen molar-refractivity contribution < 1.29 is 0 Å². The minimum Gasteiger partial charge on any atom is -0.328 e. The number of nitrogens with one attached hydrogen (secondary N) is 1. The Morgan fingerprint density at radius 1 is 1.54 bits per heavy atom. The van der Waals surface area contributed by atoms with Crippen LogP contribution in [0.1, 0.15) is 24.5 Å². The van der Waals surface area contributed by atoms with Crippen LogP contribution >= 0.6 is 22.9 Å². The van der Waals surface area contributed by atoms with Gasteiger partial charge in [0, 0.05) is 5.69 Å². The summed E-state index contributed by atoms with van der Waals surface area (Å²) in [5.74, 6) is 0. The lowest BCUT2D eigenvalue weighted by Crippen LogP contribution is -1.88. The second-order valence-electron chi connectivity index (χ2n) is 3.08. The van der Waals surface area contributed by atoms with E-state index in [1.807, 2.05) is 0 Å². The molecule has 0 saturated heterocycles. The maximum atomic E-state index is 4.04. The number of rotatable bonds is 3. The van der Waals surface area contributed by atoms with Crippen molar-refractivity contribution in [3.8, 4) is 0 Å². The van der Waals surface area contributed by atoms with Crippen LogP contribution in [0, 0.1) is 6.92 Å². The highest BCUT2D eigenvalue weighted by Crippen LogP contribution is 2.23. The van der Waals surface area contributed by atoms with E-state index >= 15 is 0 Å². The van der Waals surface area contributed by atoms with E-state index in [-0.39, 0.29) is 0 Å². The van der Waals surface area contributed by atoms with Crippen LogP contribution in [0.2, 0.25) is 0 Å². The Kier molecular flexibility index (Phi) is 3.78. The van der Waals surface area contributed by atoms with Gasteiger partial charge in [0.2, 0.25) is 0 Å².